The monoisotopic (exact) mass is 261 g/mol. The number of furan rings is 1. The first-order valence-electron chi connectivity index (χ1n) is 5.68. The number of hydrogen-bond donors (Lipinski definition) is 1. The Morgan fingerprint density at radius 1 is 1.42 bits per heavy atom. The minimum atomic E-state index is -0.348. The molecule has 19 heavy (non-hydrogen) atoms. The maximum absolute atomic E-state index is 12.0. The van der Waals surface area contributed by atoms with Crippen molar-refractivity contribution < 1.29 is 13.9 Å². The summed E-state index contributed by atoms with van der Waals surface area (Å²) < 4.78 is 10.2. The molecule has 2 rings (SSSR count). The van der Waals surface area contributed by atoms with Crippen molar-refractivity contribution in [1.82, 2.24) is 4.98 Å². The van der Waals surface area contributed by atoms with Crippen LogP contribution in [0.15, 0.2) is 35.1 Å². The Labute approximate surface area is 111 Å². The summed E-state index contributed by atoms with van der Waals surface area (Å²) >= 11 is 0. The van der Waals surface area contributed by atoms with E-state index < -0.39 is 0 Å². The number of aromatic nitrogens is 1. The van der Waals surface area contributed by atoms with Crippen LogP contribution in [0.1, 0.15) is 10.6 Å². The Morgan fingerprint density at radius 3 is 2.79 bits per heavy atom. The van der Waals surface area contributed by atoms with Crippen LogP contribution in [0.5, 0.6) is 5.88 Å². The van der Waals surface area contributed by atoms with Gasteiger partial charge in [-0.05, 0) is 18.2 Å². The van der Waals surface area contributed by atoms with Crippen molar-refractivity contribution in [2.45, 2.75) is 0 Å². The third kappa shape index (κ3) is 2.67. The Bertz CT molecular complexity index is 565. The van der Waals surface area contributed by atoms with E-state index in [1.54, 1.807) is 24.4 Å². The number of anilines is 2. The molecular weight excluding hydrogens is 246 g/mol. The molecule has 0 atom stereocenters. The quantitative estimate of drug-likeness (QED) is 0.911. The topological polar surface area (TPSA) is 67.6 Å². The second-order valence-corrected chi connectivity index (χ2v) is 4.04. The summed E-state index contributed by atoms with van der Waals surface area (Å²) in [6, 6.07) is 5.04. The first kappa shape index (κ1) is 12.9. The van der Waals surface area contributed by atoms with Crippen LogP contribution in [-0.4, -0.2) is 32.1 Å². The highest BCUT2D eigenvalue weighted by Gasteiger charge is 2.17. The van der Waals surface area contributed by atoms with Gasteiger partial charge in [-0.25, -0.2) is 4.98 Å². The molecule has 0 saturated heterocycles. The van der Waals surface area contributed by atoms with Crippen LogP contribution in [0, 0.1) is 0 Å². The van der Waals surface area contributed by atoms with Crippen molar-refractivity contribution >= 4 is 17.3 Å². The van der Waals surface area contributed by atoms with Gasteiger partial charge in [0.2, 0.25) is 5.88 Å². The van der Waals surface area contributed by atoms with Crippen LogP contribution in [0.4, 0.5) is 11.4 Å². The highest BCUT2D eigenvalue weighted by molar-refractivity contribution is 6.05. The third-order valence-electron chi connectivity index (χ3n) is 2.55. The fraction of sp³-hybridized carbons (Fsp3) is 0.231. The third-order valence-corrected chi connectivity index (χ3v) is 2.55. The summed E-state index contributed by atoms with van der Waals surface area (Å²) in [7, 11) is 5.25. The Balaban J connectivity index is 2.35. The molecule has 0 bridgehead atoms. The van der Waals surface area contributed by atoms with E-state index in [4.69, 9.17) is 9.15 Å². The fourth-order valence-electron chi connectivity index (χ4n) is 1.66. The lowest BCUT2D eigenvalue weighted by Gasteiger charge is -2.18. The molecule has 2 aromatic rings. The molecule has 0 aliphatic carbocycles. The molecular formula is C13H15N3O3. The average Bonchev–Trinajstić information content (AvgIpc) is 2.92. The van der Waals surface area contributed by atoms with Crippen LogP contribution in [-0.2, 0) is 0 Å². The fourth-order valence-corrected chi connectivity index (χ4v) is 1.66. The van der Waals surface area contributed by atoms with E-state index in [1.807, 2.05) is 19.0 Å². The van der Waals surface area contributed by atoms with Crippen molar-refractivity contribution in [3.8, 4) is 5.88 Å². The van der Waals surface area contributed by atoms with Gasteiger partial charge in [0, 0.05) is 20.3 Å². The molecule has 6 heteroatoms. The molecule has 6 nitrogen and oxygen atoms in total. The zero-order chi connectivity index (χ0) is 13.8. The number of rotatable bonds is 4. The van der Waals surface area contributed by atoms with Gasteiger partial charge < -0.3 is 19.4 Å². The molecule has 0 unspecified atom stereocenters. The molecule has 100 valence electrons. The molecule has 1 N–H and O–H groups in total. The molecule has 0 spiro atoms. The van der Waals surface area contributed by atoms with Crippen LogP contribution >= 0.6 is 0 Å². The van der Waals surface area contributed by atoms with Gasteiger partial charge in [0.25, 0.3) is 5.91 Å². The molecule has 0 aromatic carbocycles. The van der Waals surface area contributed by atoms with Gasteiger partial charge in [-0.15, -0.1) is 0 Å². The van der Waals surface area contributed by atoms with Crippen molar-refractivity contribution in [2.75, 3.05) is 31.4 Å². The molecule has 0 aliphatic heterocycles. The number of amides is 1. The van der Waals surface area contributed by atoms with Gasteiger partial charge in [-0.3, -0.25) is 4.79 Å². The Kier molecular flexibility index (Phi) is 3.70. The number of nitrogens with one attached hydrogen (secondary N) is 1. The zero-order valence-electron chi connectivity index (χ0n) is 11.0. The molecule has 0 saturated carbocycles. The Hall–Kier alpha value is -2.50. The van der Waals surface area contributed by atoms with Crippen molar-refractivity contribution in [1.29, 1.82) is 0 Å². The number of carbonyl (C=O) groups is 1. The van der Waals surface area contributed by atoms with Crippen LogP contribution < -0.4 is 15.0 Å². The number of nitrogens with zero attached hydrogens (tertiary/aromatic N) is 2. The summed E-state index contributed by atoms with van der Waals surface area (Å²) in [4.78, 5) is 18.0. The predicted octanol–water partition coefficient (Wildman–Crippen LogP) is 2.00. The minimum absolute atomic E-state index is 0.232. The lowest BCUT2D eigenvalue weighted by Crippen LogP contribution is -2.17. The normalized spacial score (nSPS) is 10.1. The standard InChI is InChI=1S/C13H15N3O3/c1-16(2)9-6-7-14-13(18-3)11(9)15-12(17)10-5-4-8-19-10/h4-8H,1-3H3,(H,15,17). The summed E-state index contributed by atoms with van der Waals surface area (Å²) in [5.41, 5.74) is 1.31. The summed E-state index contributed by atoms with van der Waals surface area (Å²) in [6.07, 6.45) is 3.07. The van der Waals surface area contributed by atoms with Gasteiger partial charge in [0.15, 0.2) is 5.76 Å². The molecule has 0 radical (unpaired) electrons. The summed E-state index contributed by atoms with van der Waals surface area (Å²) in [5, 5.41) is 2.75. The lowest BCUT2D eigenvalue weighted by atomic mass is 10.3. The maximum Gasteiger partial charge on any atom is 0.291 e. The highest BCUT2D eigenvalue weighted by Crippen LogP contribution is 2.32. The number of ether oxygens (including phenoxy) is 1. The molecule has 1 amide bonds. The van der Waals surface area contributed by atoms with E-state index in [-0.39, 0.29) is 11.7 Å². The SMILES string of the molecule is COc1nccc(N(C)C)c1NC(=O)c1ccco1. The van der Waals surface area contributed by atoms with Crippen LogP contribution in [0.25, 0.3) is 0 Å². The molecule has 0 fully saturated rings. The maximum atomic E-state index is 12.0. The van der Waals surface area contributed by atoms with Gasteiger partial charge in [-0.1, -0.05) is 0 Å². The number of pyridine rings is 1. The predicted molar refractivity (Wildman–Crippen MR) is 71.8 cm³/mol. The largest absolute Gasteiger partial charge is 0.479 e. The molecule has 2 heterocycles. The highest BCUT2D eigenvalue weighted by atomic mass is 16.5. The van der Waals surface area contributed by atoms with Gasteiger partial charge in [-0.2, -0.15) is 0 Å². The Morgan fingerprint density at radius 2 is 2.21 bits per heavy atom. The molecule has 2 aromatic heterocycles. The minimum Gasteiger partial charge on any atom is -0.479 e. The van der Waals surface area contributed by atoms with Crippen LogP contribution in [0.3, 0.4) is 0 Å². The number of hydrogen-bond acceptors (Lipinski definition) is 5. The number of methoxy groups -OCH3 is 1. The van der Waals surface area contributed by atoms with Gasteiger partial charge in [0.1, 0.15) is 5.69 Å². The smallest absolute Gasteiger partial charge is 0.291 e. The van der Waals surface area contributed by atoms with E-state index in [0.29, 0.717) is 11.6 Å². The first-order valence-corrected chi connectivity index (χ1v) is 5.68. The van der Waals surface area contributed by atoms with Crippen molar-refractivity contribution in [2.24, 2.45) is 0 Å². The van der Waals surface area contributed by atoms with Gasteiger partial charge in [0.05, 0.1) is 19.1 Å². The second-order valence-electron chi connectivity index (χ2n) is 4.04. The average molecular weight is 261 g/mol. The lowest BCUT2D eigenvalue weighted by molar-refractivity contribution is 0.0996. The van der Waals surface area contributed by atoms with E-state index in [2.05, 4.69) is 10.3 Å². The van der Waals surface area contributed by atoms with E-state index in [0.717, 1.165) is 5.69 Å². The zero-order valence-corrected chi connectivity index (χ0v) is 11.0. The second kappa shape index (κ2) is 5.43. The van der Waals surface area contributed by atoms with Crippen molar-refractivity contribution in [3.05, 3.63) is 36.4 Å². The van der Waals surface area contributed by atoms with Crippen molar-refractivity contribution in [3.63, 3.8) is 0 Å². The molecule has 0 aliphatic rings. The van der Waals surface area contributed by atoms with E-state index >= 15 is 0 Å². The van der Waals surface area contributed by atoms with Gasteiger partial charge >= 0.3 is 0 Å². The number of carbonyl (C=O) groups excluding carboxylic acids is 1. The van der Waals surface area contributed by atoms with E-state index in [9.17, 15) is 4.79 Å². The summed E-state index contributed by atoms with van der Waals surface area (Å²) in [6.45, 7) is 0. The van der Waals surface area contributed by atoms with Crippen LogP contribution in [0.2, 0.25) is 0 Å². The first-order chi connectivity index (χ1) is 9.13. The van der Waals surface area contributed by atoms with E-state index in [1.165, 1.54) is 13.4 Å². The summed E-state index contributed by atoms with van der Waals surface area (Å²) in [5.74, 6) is 0.237.